The number of imidazole rings is 1. The fourth-order valence-electron chi connectivity index (χ4n) is 13.6. The number of nitrogens with zero attached hydrogens (tertiary/aromatic N) is 4. The molecule has 0 fully saturated rings. The Balaban J connectivity index is 0.00000904. The smallest absolute Gasteiger partial charge is 0.268 e. The molecule has 5 heterocycles. The number of aromatic nitrogens is 4. The maximum absolute atomic E-state index is 10.2. The molecule has 94 heavy (non-hydrogen) atoms. The summed E-state index contributed by atoms with van der Waals surface area (Å²) in [5.41, 5.74) is 11.5. The first kappa shape index (κ1) is 44.2. The van der Waals surface area contributed by atoms with Gasteiger partial charge in [0.25, 0.3) is 6.33 Å². The van der Waals surface area contributed by atoms with Crippen molar-refractivity contribution in [3.8, 4) is 73.2 Å². The number of para-hydroxylation sites is 2. The fourth-order valence-corrected chi connectivity index (χ4v) is 17.4. The van der Waals surface area contributed by atoms with Crippen LogP contribution in [0.3, 0.4) is 0 Å². The summed E-state index contributed by atoms with van der Waals surface area (Å²) in [6.45, 7) is 12.9. The number of benzene rings is 12. The molecule has 0 aliphatic carbocycles. The van der Waals surface area contributed by atoms with E-state index in [1.165, 1.54) is 0 Å². The zero-order valence-electron chi connectivity index (χ0n) is 66.8. The molecule has 1 aliphatic rings. The summed E-state index contributed by atoms with van der Waals surface area (Å²) in [5.74, 6) is 1.23. The summed E-state index contributed by atoms with van der Waals surface area (Å²) in [7, 11) is -5.84. The van der Waals surface area contributed by atoms with Crippen LogP contribution in [0, 0.1) is 18.5 Å². The van der Waals surface area contributed by atoms with Crippen LogP contribution in [-0.4, -0.2) is 22.2 Å². The molecule has 12 aromatic carbocycles. The van der Waals surface area contributed by atoms with Gasteiger partial charge in [0.15, 0.2) is 8.07 Å². The third kappa shape index (κ3) is 9.54. The topological polar surface area (TPSA) is 49.0 Å². The van der Waals surface area contributed by atoms with E-state index in [0.29, 0.717) is 61.8 Å². The summed E-state index contributed by atoms with van der Waals surface area (Å²) < 4.78 is 164. The van der Waals surface area contributed by atoms with Crippen LogP contribution in [0.25, 0.3) is 116 Å². The number of fused-ring (bicyclic) bond motifs is 13. The minimum atomic E-state index is -5.84. The third-order valence-electron chi connectivity index (χ3n) is 18.0. The summed E-state index contributed by atoms with van der Waals surface area (Å²) in [6, 6.07) is 52.7. The molecule has 0 unspecified atom stereocenters. The first-order chi connectivity index (χ1) is 51.6. The van der Waals surface area contributed by atoms with Crippen LogP contribution in [0.2, 0.25) is 0 Å². The van der Waals surface area contributed by atoms with Crippen LogP contribution < -0.4 is 30.1 Å². The molecule has 8 heteroatoms. The average Bonchev–Trinajstić information content (AvgIpc) is 1.45. The Bertz CT molecular complexity index is 6360. The molecule has 0 saturated carbocycles. The second kappa shape index (κ2) is 22.7. The average molecular weight is 1420 g/mol. The molecule has 6 nitrogen and oxygen atoms in total. The number of hydrogen-bond donors (Lipinski definition) is 0. The standard InChI is InChI=1S/C86H64N4O2Si.Pt/c1-85(2,3)57-45-46-87-82(50-57)90-77-39-22-20-37-70(77)71-43-42-61(52-78(71)90)91-60-26-24-25-59(51-60)88-55-89-83-73(56-41-44-81-74(47-56)72-38-21-23-40-80(72)92-81)48-58(86(4,5)6)49-75(83)68-35-18-16-33-66(68)67-34-17-19-36-69(67)76-53-65(54-79(88)84(76)89)93(62-27-10-7-11-28-62,63-29-12-8-13-30-63)64-31-14-9-15-32-64;/h7-50,53-54H,1-6H3;/q-2;/i7D,8D,9D,10D,11D,12D,13D,14D,15D,27D,28D,29D,30D,31D,32D;. The monoisotopic (exact) mass is 1420 g/mol. The fraction of sp³-hybridized carbons (Fsp3) is 0.0930. The minimum Gasteiger partial charge on any atom is -0.510 e. The van der Waals surface area contributed by atoms with Gasteiger partial charge in [0.05, 0.1) is 37.3 Å². The molecular weight excluding hydrogens is 1340 g/mol. The van der Waals surface area contributed by atoms with Crippen molar-refractivity contribution in [1.82, 2.24) is 14.1 Å². The first-order valence-electron chi connectivity index (χ1n) is 38.3. The van der Waals surface area contributed by atoms with Gasteiger partial charge in [0, 0.05) is 55.1 Å². The van der Waals surface area contributed by atoms with Crippen LogP contribution in [0.15, 0.2) is 283 Å². The number of hydrogen-bond acceptors (Lipinski definition) is 3. The Labute approximate surface area is 584 Å². The number of ether oxygens (including phenoxy) is 1. The van der Waals surface area contributed by atoms with Crippen LogP contribution >= 0.6 is 0 Å². The van der Waals surface area contributed by atoms with Crippen molar-refractivity contribution in [3.63, 3.8) is 0 Å². The molecule has 0 amide bonds. The molecule has 17 rings (SSSR count). The van der Waals surface area contributed by atoms with Gasteiger partial charge in [-0.25, -0.2) is 4.98 Å². The zero-order chi connectivity index (χ0) is 75.8. The summed E-state index contributed by atoms with van der Waals surface area (Å²) in [6.07, 6.45) is 5.67. The number of rotatable bonds is 9. The van der Waals surface area contributed by atoms with E-state index in [-0.39, 0.29) is 42.9 Å². The molecule has 0 bridgehead atoms. The SMILES string of the molecule is [2H]c1c([2H])c([2H])c([Si](c2cc3c4c(c2)n(-c2[c-]c(Oc5[c-]c6c(cc5)c5ccccc5n6-c5cc(C(C)(C)C)ccn5)ccc2)[c-][n+]4-c2c(-c4ccc5oc6ccccc6c5c4)cc(C(C)(C)C)cc2-c2ccccc2-c2ccccc2-3)(c2c([2H])c([2H])c([2H])c([2H])c2[2H])c2c([2H])c([2H])c([2H])c([2H])c2[2H])c([2H])c1[2H].[Pt]. The van der Waals surface area contributed by atoms with Gasteiger partial charge in [-0.05, 0) is 135 Å². The molecular formula is C86H64N4O2PtSi-2. The van der Waals surface area contributed by atoms with Gasteiger partial charge < -0.3 is 18.3 Å². The first-order valence-corrected chi connectivity index (χ1v) is 32.8. The Morgan fingerprint density at radius 3 is 1.72 bits per heavy atom. The molecule has 0 atom stereocenters. The molecule has 0 radical (unpaired) electrons. The Morgan fingerprint density at radius 1 is 0.468 bits per heavy atom. The Kier molecular flexibility index (Phi) is 10.7. The zero-order valence-corrected chi connectivity index (χ0v) is 55.1. The van der Waals surface area contributed by atoms with Crippen LogP contribution in [0.1, 0.15) is 73.2 Å². The van der Waals surface area contributed by atoms with E-state index in [1.807, 2.05) is 126 Å². The molecule has 0 saturated heterocycles. The third-order valence-corrected chi connectivity index (χ3v) is 22.2. The molecule has 456 valence electrons. The second-order valence-corrected chi connectivity index (χ2v) is 29.2. The maximum Gasteiger partial charge on any atom is 0.268 e. The van der Waals surface area contributed by atoms with Gasteiger partial charge in [-0.1, -0.05) is 253 Å². The van der Waals surface area contributed by atoms with E-state index in [1.54, 1.807) is 34.9 Å². The molecule has 4 aromatic heterocycles. The predicted octanol–water partition coefficient (Wildman–Crippen LogP) is 18.4. The Morgan fingerprint density at radius 2 is 1.05 bits per heavy atom. The quantitative estimate of drug-likeness (QED) is 0.0626. The molecule has 0 spiro atoms. The van der Waals surface area contributed by atoms with Crippen LogP contribution in [0.4, 0.5) is 0 Å². The Hall–Kier alpha value is -10.4. The van der Waals surface area contributed by atoms with Gasteiger partial charge in [-0.15, -0.1) is 29.7 Å². The van der Waals surface area contributed by atoms with Crippen molar-refractivity contribution < 1.29 is 55.3 Å². The van der Waals surface area contributed by atoms with Crippen LogP contribution in [0.5, 0.6) is 11.5 Å². The van der Waals surface area contributed by atoms with E-state index in [2.05, 4.69) is 101 Å². The number of pyridine rings is 1. The predicted molar refractivity (Wildman–Crippen MR) is 384 cm³/mol. The summed E-state index contributed by atoms with van der Waals surface area (Å²) in [4.78, 5) is 4.90. The second-order valence-electron chi connectivity index (χ2n) is 25.6. The summed E-state index contributed by atoms with van der Waals surface area (Å²) in [5, 5.41) is 1.64. The van der Waals surface area contributed by atoms with Gasteiger partial charge in [0.2, 0.25) is 0 Å². The van der Waals surface area contributed by atoms with E-state index in [0.717, 1.165) is 66.0 Å². The molecule has 0 N–H and O–H groups in total. The molecule has 16 aromatic rings. The van der Waals surface area contributed by atoms with Crippen molar-refractivity contribution in [3.05, 3.63) is 308 Å². The van der Waals surface area contributed by atoms with Gasteiger partial charge in [-0.3, -0.25) is 4.57 Å². The summed E-state index contributed by atoms with van der Waals surface area (Å²) >= 11 is 0. The van der Waals surface area contributed by atoms with Gasteiger partial charge in [0.1, 0.15) is 17.0 Å². The van der Waals surface area contributed by atoms with E-state index in [4.69, 9.17) is 18.3 Å². The van der Waals surface area contributed by atoms with Crippen molar-refractivity contribution in [1.29, 1.82) is 0 Å². The van der Waals surface area contributed by atoms with Gasteiger partial charge >= 0.3 is 0 Å². The normalized spacial score (nSPS) is 14.5. The van der Waals surface area contributed by atoms with Gasteiger partial charge in [-0.2, -0.15) is 18.2 Å². The van der Waals surface area contributed by atoms with Crippen molar-refractivity contribution >= 4 is 83.6 Å². The minimum absolute atomic E-state index is 0. The van der Waals surface area contributed by atoms with Crippen molar-refractivity contribution in [2.75, 3.05) is 0 Å². The van der Waals surface area contributed by atoms with E-state index >= 15 is 0 Å². The number of furan rings is 1. The van der Waals surface area contributed by atoms with Crippen molar-refractivity contribution in [2.24, 2.45) is 0 Å². The van der Waals surface area contributed by atoms with E-state index < -0.39 is 120 Å². The maximum atomic E-state index is 10.2. The van der Waals surface area contributed by atoms with Crippen molar-refractivity contribution in [2.45, 2.75) is 52.4 Å². The van der Waals surface area contributed by atoms with Crippen LogP contribution in [-0.2, 0) is 31.9 Å². The molecule has 1 aliphatic heterocycles. The van der Waals surface area contributed by atoms with E-state index in [9.17, 15) is 16.4 Å². The largest absolute Gasteiger partial charge is 0.510 e.